The Morgan fingerprint density at radius 1 is 0.938 bits per heavy atom. The highest BCUT2D eigenvalue weighted by Gasteiger charge is 2.30. The number of amides is 1. The molecule has 32 heavy (non-hydrogen) atoms. The summed E-state index contributed by atoms with van der Waals surface area (Å²) in [6.45, 7) is 10.3. The van der Waals surface area contributed by atoms with Crippen LogP contribution in [0.2, 0.25) is 0 Å². The van der Waals surface area contributed by atoms with Crippen LogP contribution in [0.5, 0.6) is 11.6 Å². The van der Waals surface area contributed by atoms with Gasteiger partial charge in [0.1, 0.15) is 5.75 Å². The molecule has 0 aliphatic rings. The Morgan fingerprint density at radius 3 is 2.12 bits per heavy atom. The van der Waals surface area contributed by atoms with Gasteiger partial charge in [-0.2, -0.15) is 13.2 Å². The zero-order valence-electron chi connectivity index (χ0n) is 18.6. The predicted octanol–water partition coefficient (Wildman–Crippen LogP) is 7.06. The standard InChI is InChI=1S/C25H25F3N2O2/c1-15-6-12-20(24(3,4)5)22(16(15)2)32-21-13-11-19(14-29-21)30-23(31)17-7-9-18(10-8-17)25(26,27)28/h6-14H,1-5H3,(H,30,31). The van der Waals surface area contributed by atoms with Crippen LogP contribution in [0.1, 0.15) is 53.4 Å². The molecule has 0 bridgehead atoms. The molecule has 1 aromatic heterocycles. The molecular formula is C25H25F3N2O2. The number of benzene rings is 2. The van der Waals surface area contributed by atoms with Crippen molar-refractivity contribution in [1.29, 1.82) is 0 Å². The second-order valence-electron chi connectivity index (χ2n) is 8.65. The Balaban J connectivity index is 1.75. The van der Waals surface area contributed by atoms with Gasteiger partial charge in [-0.3, -0.25) is 4.79 Å². The van der Waals surface area contributed by atoms with Crippen LogP contribution in [0.25, 0.3) is 0 Å². The van der Waals surface area contributed by atoms with E-state index in [0.29, 0.717) is 11.6 Å². The number of aryl methyl sites for hydroxylation is 1. The minimum Gasteiger partial charge on any atom is -0.438 e. The number of hydrogen-bond acceptors (Lipinski definition) is 3. The Kier molecular flexibility index (Phi) is 6.30. The first-order chi connectivity index (χ1) is 14.9. The lowest BCUT2D eigenvalue weighted by molar-refractivity contribution is -0.137. The molecule has 3 rings (SSSR count). The van der Waals surface area contributed by atoms with Gasteiger partial charge in [0.25, 0.3) is 5.91 Å². The van der Waals surface area contributed by atoms with Crippen molar-refractivity contribution in [2.45, 2.75) is 46.2 Å². The first kappa shape index (κ1) is 23.3. The number of alkyl halides is 3. The molecule has 0 atom stereocenters. The van der Waals surface area contributed by atoms with Gasteiger partial charge in [0.2, 0.25) is 5.88 Å². The maximum absolute atomic E-state index is 12.7. The Bertz CT molecular complexity index is 1110. The number of nitrogens with zero attached hydrogens (tertiary/aromatic N) is 1. The topological polar surface area (TPSA) is 51.2 Å². The van der Waals surface area contributed by atoms with Crippen molar-refractivity contribution in [3.05, 3.63) is 82.5 Å². The predicted molar refractivity (Wildman–Crippen MR) is 118 cm³/mol. The zero-order valence-corrected chi connectivity index (χ0v) is 18.6. The van der Waals surface area contributed by atoms with Gasteiger partial charge in [0.05, 0.1) is 17.4 Å². The van der Waals surface area contributed by atoms with Gasteiger partial charge in [0, 0.05) is 17.2 Å². The molecule has 0 radical (unpaired) electrons. The lowest BCUT2D eigenvalue weighted by Gasteiger charge is -2.24. The summed E-state index contributed by atoms with van der Waals surface area (Å²) in [5, 5.41) is 2.63. The molecule has 1 heterocycles. The summed E-state index contributed by atoms with van der Waals surface area (Å²) >= 11 is 0. The molecule has 1 N–H and O–H groups in total. The van der Waals surface area contributed by atoms with Gasteiger partial charge in [0.15, 0.2) is 0 Å². The second kappa shape index (κ2) is 8.65. The van der Waals surface area contributed by atoms with Crippen molar-refractivity contribution < 1.29 is 22.7 Å². The van der Waals surface area contributed by atoms with Crippen LogP contribution in [-0.2, 0) is 11.6 Å². The summed E-state index contributed by atoms with van der Waals surface area (Å²) in [5.41, 5.74) is 2.78. The number of carbonyl (C=O) groups excluding carboxylic acids is 1. The van der Waals surface area contributed by atoms with Crippen LogP contribution in [0.4, 0.5) is 18.9 Å². The zero-order chi connectivity index (χ0) is 23.7. The summed E-state index contributed by atoms with van der Waals surface area (Å²) in [6, 6.07) is 11.4. The summed E-state index contributed by atoms with van der Waals surface area (Å²) in [4.78, 5) is 16.6. The lowest BCUT2D eigenvalue weighted by Crippen LogP contribution is -2.14. The van der Waals surface area contributed by atoms with E-state index in [2.05, 4.69) is 43.2 Å². The molecule has 7 heteroatoms. The second-order valence-corrected chi connectivity index (χ2v) is 8.65. The minimum atomic E-state index is -4.45. The van der Waals surface area contributed by atoms with E-state index in [9.17, 15) is 18.0 Å². The van der Waals surface area contributed by atoms with Crippen LogP contribution < -0.4 is 10.1 Å². The van der Waals surface area contributed by atoms with Crippen LogP contribution in [0.3, 0.4) is 0 Å². The average molecular weight is 442 g/mol. The monoisotopic (exact) mass is 442 g/mol. The smallest absolute Gasteiger partial charge is 0.416 e. The fraction of sp³-hybridized carbons (Fsp3) is 0.280. The molecule has 0 saturated heterocycles. The number of pyridine rings is 1. The van der Waals surface area contributed by atoms with Crippen LogP contribution in [-0.4, -0.2) is 10.9 Å². The van der Waals surface area contributed by atoms with E-state index >= 15 is 0 Å². The van der Waals surface area contributed by atoms with Gasteiger partial charge in [-0.05, 0) is 60.7 Å². The SMILES string of the molecule is Cc1ccc(C(C)(C)C)c(Oc2ccc(NC(=O)c3ccc(C(F)(F)F)cc3)cn2)c1C. The van der Waals surface area contributed by atoms with Crippen LogP contribution >= 0.6 is 0 Å². The van der Waals surface area contributed by atoms with Crippen molar-refractivity contribution in [2.24, 2.45) is 0 Å². The minimum absolute atomic E-state index is 0.114. The normalized spacial score (nSPS) is 11.9. The maximum Gasteiger partial charge on any atom is 0.416 e. The van der Waals surface area contributed by atoms with Crippen molar-refractivity contribution in [3.8, 4) is 11.6 Å². The maximum atomic E-state index is 12.7. The number of hydrogen-bond donors (Lipinski definition) is 1. The van der Waals surface area contributed by atoms with Gasteiger partial charge in [-0.1, -0.05) is 32.9 Å². The molecule has 168 valence electrons. The molecule has 0 fully saturated rings. The van der Waals surface area contributed by atoms with E-state index in [1.54, 1.807) is 12.1 Å². The first-order valence-corrected chi connectivity index (χ1v) is 10.1. The number of anilines is 1. The highest BCUT2D eigenvalue weighted by atomic mass is 19.4. The molecular weight excluding hydrogens is 417 g/mol. The van der Waals surface area contributed by atoms with E-state index < -0.39 is 17.6 Å². The number of halogens is 3. The molecule has 0 aliphatic carbocycles. The van der Waals surface area contributed by atoms with E-state index in [-0.39, 0.29) is 11.0 Å². The van der Waals surface area contributed by atoms with Crippen LogP contribution in [0.15, 0.2) is 54.7 Å². The number of rotatable bonds is 4. The highest BCUT2D eigenvalue weighted by molar-refractivity contribution is 6.04. The largest absolute Gasteiger partial charge is 0.438 e. The van der Waals surface area contributed by atoms with Crippen LogP contribution in [0, 0.1) is 13.8 Å². The third kappa shape index (κ3) is 5.28. The third-order valence-electron chi connectivity index (χ3n) is 5.16. The Hall–Kier alpha value is -3.35. The average Bonchev–Trinajstić information content (AvgIpc) is 2.71. The van der Waals surface area contributed by atoms with Crippen molar-refractivity contribution >= 4 is 11.6 Å². The molecule has 0 aliphatic heterocycles. The third-order valence-corrected chi connectivity index (χ3v) is 5.16. The summed E-state index contributed by atoms with van der Waals surface area (Å²) in [5.74, 6) is 0.599. The Morgan fingerprint density at radius 2 is 1.59 bits per heavy atom. The van der Waals surface area contributed by atoms with E-state index in [1.807, 2.05) is 13.8 Å². The summed E-state index contributed by atoms with van der Waals surface area (Å²) in [6.07, 6.45) is -3.00. The van der Waals surface area contributed by atoms with E-state index in [1.165, 1.54) is 6.20 Å². The van der Waals surface area contributed by atoms with Gasteiger partial charge >= 0.3 is 6.18 Å². The lowest BCUT2D eigenvalue weighted by atomic mass is 9.84. The summed E-state index contributed by atoms with van der Waals surface area (Å²) < 4.78 is 44.1. The summed E-state index contributed by atoms with van der Waals surface area (Å²) in [7, 11) is 0. The fourth-order valence-corrected chi connectivity index (χ4v) is 3.15. The van der Waals surface area contributed by atoms with Gasteiger partial charge in [-0.15, -0.1) is 0 Å². The number of aromatic nitrogens is 1. The van der Waals surface area contributed by atoms with Crippen molar-refractivity contribution in [1.82, 2.24) is 4.98 Å². The molecule has 0 unspecified atom stereocenters. The number of ether oxygens (including phenoxy) is 1. The van der Waals surface area contributed by atoms with E-state index in [0.717, 1.165) is 46.7 Å². The molecule has 4 nitrogen and oxygen atoms in total. The molecule has 1 amide bonds. The van der Waals surface area contributed by atoms with Gasteiger partial charge in [-0.25, -0.2) is 4.98 Å². The van der Waals surface area contributed by atoms with Gasteiger partial charge < -0.3 is 10.1 Å². The molecule has 2 aromatic carbocycles. The molecule has 3 aromatic rings. The quantitative estimate of drug-likeness (QED) is 0.471. The first-order valence-electron chi connectivity index (χ1n) is 10.1. The van der Waals surface area contributed by atoms with E-state index in [4.69, 9.17) is 4.74 Å². The van der Waals surface area contributed by atoms with Crippen molar-refractivity contribution in [3.63, 3.8) is 0 Å². The number of nitrogens with one attached hydrogen (secondary N) is 1. The van der Waals surface area contributed by atoms with Crippen molar-refractivity contribution in [2.75, 3.05) is 5.32 Å². The molecule has 0 spiro atoms. The highest BCUT2D eigenvalue weighted by Crippen LogP contribution is 2.37. The number of carbonyl (C=O) groups is 1. The molecule has 0 saturated carbocycles. The fourth-order valence-electron chi connectivity index (χ4n) is 3.15. The Labute approximate surface area is 185 Å².